The number of hydrogen-bond donors (Lipinski definition) is 3. The topological polar surface area (TPSA) is 87.3 Å². The highest BCUT2D eigenvalue weighted by atomic mass is 35.5. The Morgan fingerprint density at radius 1 is 1.38 bits per heavy atom. The molecule has 1 saturated heterocycles. The standard InChI is InChI=1S/C14H16ClN3O3/c1-2-12(19)17-9-3-4-10(15)11(6-9)18-14(21)8-5-13(20)16-7-8/h3-4,6,8H,2,5,7H2,1H3,(H,16,20)(H,17,19)(H,18,21). The van der Waals surface area contributed by atoms with Crippen molar-refractivity contribution >= 4 is 40.7 Å². The van der Waals surface area contributed by atoms with Gasteiger partial charge in [0.05, 0.1) is 16.6 Å². The Labute approximate surface area is 127 Å². The maximum atomic E-state index is 12.1. The summed E-state index contributed by atoms with van der Waals surface area (Å²) < 4.78 is 0. The number of carbonyl (C=O) groups excluding carboxylic acids is 3. The summed E-state index contributed by atoms with van der Waals surface area (Å²) in [6, 6.07) is 4.85. The molecule has 3 N–H and O–H groups in total. The van der Waals surface area contributed by atoms with E-state index >= 15 is 0 Å². The van der Waals surface area contributed by atoms with E-state index in [4.69, 9.17) is 11.6 Å². The maximum absolute atomic E-state index is 12.1. The van der Waals surface area contributed by atoms with Crippen molar-refractivity contribution in [3.8, 4) is 0 Å². The molecule has 0 radical (unpaired) electrons. The van der Waals surface area contributed by atoms with Crippen LogP contribution in [0.1, 0.15) is 19.8 Å². The predicted octanol–water partition coefficient (Wildman–Crippen LogP) is 1.76. The first kappa shape index (κ1) is 15.3. The van der Waals surface area contributed by atoms with Crippen molar-refractivity contribution < 1.29 is 14.4 Å². The molecule has 1 atom stereocenters. The van der Waals surface area contributed by atoms with Gasteiger partial charge in [0.15, 0.2) is 0 Å². The van der Waals surface area contributed by atoms with Crippen molar-refractivity contribution in [2.45, 2.75) is 19.8 Å². The number of nitrogens with one attached hydrogen (secondary N) is 3. The Morgan fingerprint density at radius 3 is 2.76 bits per heavy atom. The lowest BCUT2D eigenvalue weighted by molar-refractivity contribution is -0.123. The number of hydrogen-bond acceptors (Lipinski definition) is 3. The summed E-state index contributed by atoms with van der Waals surface area (Å²) in [5.74, 6) is -0.929. The molecule has 7 heteroatoms. The Balaban J connectivity index is 2.08. The van der Waals surface area contributed by atoms with Crippen LogP contribution in [0.25, 0.3) is 0 Å². The fourth-order valence-electron chi connectivity index (χ4n) is 1.97. The third kappa shape index (κ3) is 3.95. The van der Waals surface area contributed by atoms with Gasteiger partial charge in [0, 0.05) is 25.1 Å². The zero-order chi connectivity index (χ0) is 15.4. The van der Waals surface area contributed by atoms with Gasteiger partial charge in [0.2, 0.25) is 17.7 Å². The minimum atomic E-state index is -0.401. The van der Waals surface area contributed by atoms with E-state index in [1.54, 1.807) is 25.1 Å². The molecule has 0 aliphatic carbocycles. The van der Waals surface area contributed by atoms with Gasteiger partial charge in [-0.25, -0.2) is 0 Å². The Bertz CT molecular complexity index is 589. The molecule has 1 heterocycles. The highest BCUT2D eigenvalue weighted by Gasteiger charge is 2.28. The minimum Gasteiger partial charge on any atom is -0.355 e. The second-order valence-electron chi connectivity index (χ2n) is 4.79. The first-order valence-corrected chi connectivity index (χ1v) is 7.04. The molecule has 1 fully saturated rings. The molecule has 1 aromatic rings. The van der Waals surface area contributed by atoms with E-state index in [0.29, 0.717) is 29.4 Å². The zero-order valence-electron chi connectivity index (χ0n) is 11.5. The van der Waals surface area contributed by atoms with Crippen molar-refractivity contribution in [2.24, 2.45) is 5.92 Å². The van der Waals surface area contributed by atoms with E-state index in [9.17, 15) is 14.4 Å². The van der Waals surface area contributed by atoms with Crippen molar-refractivity contribution in [1.82, 2.24) is 5.32 Å². The van der Waals surface area contributed by atoms with E-state index in [0.717, 1.165) is 0 Å². The van der Waals surface area contributed by atoms with Crippen molar-refractivity contribution in [3.63, 3.8) is 0 Å². The average Bonchev–Trinajstić information content (AvgIpc) is 2.89. The summed E-state index contributed by atoms with van der Waals surface area (Å²) in [7, 11) is 0. The lowest BCUT2D eigenvalue weighted by Gasteiger charge is -2.12. The second kappa shape index (κ2) is 6.58. The fourth-order valence-corrected chi connectivity index (χ4v) is 2.14. The molecule has 0 aromatic heterocycles. The number of anilines is 2. The van der Waals surface area contributed by atoms with Crippen LogP contribution in [0.15, 0.2) is 18.2 Å². The highest BCUT2D eigenvalue weighted by molar-refractivity contribution is 6.34. The summed E-state index contributed by atoms with van der Waals surface area (Å²) in [5, 5.41) is 8.36. The summed E-state index contributed by atoms with van der Waals surface area (Å²) in [4.78, 5) is 34.5. The number of amides is 3. The van der Waals surface area contributed by atoms with E-state index in [1.165, 1.54) is 0 Å². The van der Waals surface area contributed by atoms with E-state index < -0.39 is 5.92 Å². The Kier molecular flexibility index (Phi) is 4.80. The molecule has 6 nitrogen and oxygen atoms in total. The molecule has 0 bridgehead atoms. The van der Waals surface area contributed by atoms with Crippen LogP contribution in [0.5, 0.6) is 0 Å². The molecule has 0 spiro atoms. The van der Waals surface area contributed by atoms with Crippen LogP contribution in [0.4, 0.5) is 11.4 Å². The molecular weight excluding hydrogens is 294 g/mol. The van der Waals surface area contributed by atoms with Crippen LogP contribution in [0.3, 0.4) is 0 Å². The minimum absolute atomic E-state index is 0.125. The summed E-state index contributed by atoms with van der Waals surface area (Å²) in [6.45, 7) is 2.08. The molecule has 112 valence electrons. The van der Waals surface area contributed by atoms with Crippen LogP contribution in [0.2, 0.25) is 5.02 Å². The van der Waals surface area contributed by atoms with Gasteiger partial charge < -0.3 is 16.0 Å². The lowest BCUT2D eigenvalue weighted by atomic mass is 10.1. The second-order valence-corrected chi connectivity index (χ2v) is 5.20. The summed E-state index contributed by atoms with van der Waals surface area (Å²) in [6.07, 6.45) is 0.538. The third-order valence-electron chi connectivity index (χ3n) is 3.18. The Morgan fingerprint density at radius 2 is 2.14 bits per heavy atom. The largest absolute Gasteiger partial charge is 0.355 e. The van der Waals surface area contributed by atoms with E-state index in [2.05, 4.69) is 16.0 Å². The third-order valence-corrected chi connectivity index (χ3v) is 3.51. The van der Waals surface area contributed by atoms with Gasteiger partial charge in [0.1, 0.15) is 0 Å². The molecule has 1 aromatic carbocycles. The van der Waals surface area contributed by atoms with Crippen LogP contribution in [-0.4, -0.2) is 24.3 Å². The average molecular weight is 310 g/mol. The molecule has 21 heavy (non-hydrogen) atoms. The van der Waals surface area contributed by atoms with Crippen LogP contribution in [0, 0.1) is 5.92 Å². The van der Waals surface area contributed by atoms with Gasteiger partial charge in [-0.05, 0) is 18.2 Å². The van der Waals surface area contributed by atoms with Crippen LogP contribution in [-0.2, 0) is 14.4 Å². The lowest BCUT2D eigenvalue weighted by Crippen LogP contribution is -2.24. The molecule has 2 rings (SSSR count). The molecule has 3 amide bonds. The van der Waals surface area contributed by atoms with Gasteiger partial charge in [0.25, 0.3) is 0 Å². The molecule has 1 aliphatic rings. The number of rotatable bonds is 4. The quantitative estimate of drug-likeness (QED) is 0.792. The fraction of sp³-hybridized carbons (Fsp3) is 0.357. The number of benzene rings is 1. The molecule has 1 aliphatic heterocycles. The van der Waals surface area contributed by atoms with Gasteiger partial charge in [-0.1, -0.05) is 18.5 Å². The molecule has 0 saturated carbocycles. The maximum Gasteiger partial charge on any atom is 0.229 e. The van der Waals surface area contributed by atoms with E-state index in [1.807, 2.05) is 0 Å². The van der Waals surface area contributed by atoms with Crippen molar-refractivity contribution in [1.29, 1.82) is 0 Å². The first-order valence-electron chi connectivity index (χ1n) is 6.66. The van der Waals surface area contributed by atoms with Gasteiger partial charge >= 0.3 is 0 Å². The van der Waals surface area contributed by atoms with Crippen LogP contribution >= 0.6 is 11.6 Å². The Hall–Kier alpha value is -2.08. The monoisotopic (exact) mass is 309 g/mol. The molecule has 1 unspecified atom stereocenters. The number of carbonyl (C=O) groups is 3. The predicted molar refractivity (Wildman–Crippen MR) is 80.1 cm³/mol. The summed E-state index contributed by atoms with van der Waals surface area (Å²) >= 11 is 6.04. The van der Waals surface area contributed by atoms with Gasteiger partial charge in [-0.2, -0.15) is 0 Å². The normalized spacial score (nSPS) is 17.2. The van der Waals surface area contributed by atoms with Crippen LogP contribution < -0.4 is 16.0 Å². The SMILES string of the molecule is CCC(=O)Nc1ccc(Cl)c(NC(=O)C2CNC(=O)C2)c1. The smallest absolute Gasteiger partial charge is 0.229 e. The highest BCUT2D eigenvalue weighted by Crippen LogP contribution is 2.26. The molecular formula is C14H16ClN3O3. The zero-order valence-corrected chi connectivity index (χ0v) is 12.3. The van der Waals surface area contributed by atoms with Crippen molar-refractivity contribution in [2.75, 3.05) is 17.2 Å². The first-order chi connectivity index (χ1) is 9.99. The van der Waals surface area contributed by atoms with E-state index in [-0.39, 0.29) is 24.1 Å². The van der Waals surface area contributed by atoms with Crippen molar-refractivity contribution in [3.05, 3.63) is 23.2 Å². The van der Waals surface area contributed by atoms with Gasteiger partial charge in [-0.15, -0.1) is 0 Å². The summed E-state index contributed by atoms with van der Waals surface area (Å²) in [5.41, 5.74) is 0.970. The number of halogens is 1. The van der Waals surface area contributed by atoms with Gasteiger partial charge in [-0.3, -0.25) is 14.4 Å².